The first-order valence-electron chi connectivity index (χ1n) is 6.29. The summed E-state index contributed by atoms with van der Waals surface area (Å²) in [4.78, 5) is 2.30. The lowest BCUT2D eigenvalue weighted by Gasteiger charge is -2.37. The van der Waals surface area contributed by atoms with Gasteiger partial charge in [0.1, 0.15) is 0 Å². The molecule has 2 atom stereocenters. The lowest BCUT2D eigenvalue weighted by Crippen LogP contribution is -2.47. The SMILES string of the molecule is C#CCCN1CCC(c2ccccc2)CC1N. The van der Waals surface area contributed by atoms with Gasteiger partial charge in [0.15, 0.2) is 0 Å². The molecule has 2 unspecified atom stereocenters. The lowest BCUT2D eigenvalue weighted by molar-refractivity contribution is 0.141. The van der Waals surface area contributed by atoms with E-state index in [9.17, 15) is 0 Å². The minimum Gasteiger partial charge on any atom is -0.316 e. The highest BCUT2D eigenvalue weighted by molar-refractivity contribution is 5.20. The predicted molar refractivity (Wildman–Crippen MR) is 71.4 cm³/mol. The molecule has 90 valence electrons. The lowest BCUT2D eigenvalue weighted by atomic mass is 9.88. The molecule has 1 saturated heterocycles. The van der Waals surface area contributed by atoms with Gasteiger partial charge in [-0.1, -0.05) is 30.3 Å². The summed E-state index contributed by atoms with van der Waals surface area (Å²) in [7, 11) is 0. The number of nitrogens with two attached hydrogens (primary N) is 1. The van der Waals surface area contributed by atoms with Crippen molar-refractivity contribution in [3.05, 3.63) is 35.9 Å². The van der Waals surface area contributed by atoms with Crippen LogP contribution in [0.3, 0.4) is 0 Å². The zero-order valence-corrected chi connectivity index (χ0v) is 10.2. The summed E-state index contributed by atoms with van der Waals surface area (Å²) in [5, 5.41) is 0. The first-order chi connectivity index (χ1) is 8.31. The van der Waals surface area contributed by atoms with Gasteiger partial charge in [0.2, 0.25) is 0 Å². The molecule has 2 nitrogen and oxygen atoms in total. The molecular formula is C15H20N2. The van der Waals surface area contributed by atoms with Crippen molar-refractivity contribution in [2.24, 2.45) is 5.73 Å². The standard InChI is InChI=1S/C15H20N2/c1-2-3-10-17-11-9-14(12-15(17)16)13-7-5-4-6-8-13/h1,4-8,14-15H,3,9-12,16H2. The van der Waals surface area contributed by atoms with E-state index in [0.29, 0.717) is 5.92 Å². The van der Waals surface area contributed by atoms with Gasteiger partial charge < -0.3 is 5.73 Å². The van der Waals surface area contributed by atoms with E-state index in [2.05, 4.69) is 41.2 Å². The molecule has 0 amide bonds. The highest BCUT2D eigenvalue weighted by Gasteiger charge is 2.25. The molecule has 1 aromatic rings. The van der Waals surface area contributed by atoms with Crippen LogP contribution in [0.1, 0.15) is 30.7 Å². The van der Waals surface area contributed by atoms with Crippen LogP contribution in [-0.2, 0) is 0 Å². The smallest absolute Gasteiger partial charge is 0.0577 e. The molecule has 2 rings (SSSR count). The Balaban J connectivity index is 1.93. The largest absolute Gasteiger partial charge is 0.316 e. The summed E-state index contributed by atoms with van der Waals surface area (Å²) in [5.74, 6) is 3.29. The second kappa shape index (κ2) is 5.86. The van der Waals surface area contributed by atoms with Crippen LogP contribution in [0, 0.1) is 12.3 Å². The van der Waals surface area contributed by atoms with Crippen LogP contribution in [-0.4, -0.2) is 24.2 Å². The monoisotopic (exact) mass is 228 g/mol. The number of nitrogens with zero attached hydrogens (tertiary/aromatic N) is 1. The summed E-state index contributed by atoms with van der Waals surface area (Å²) in [6.07, 6.45) is 8.46. The number of likely N-dealkylation sites (tertiary alicyclic amines) is 1. The summed E-state index contributed by atoms with van der Waals surface area (Å²) >= 11 is 0. The van der Waals surface area contributed by atoms with Gasteiger partial charge in [-0.15, -0.1) is 12.3 Å². The molecule has 1 aromatic carbocycles. The topological polar surface area (TPSA) is 29.3 Å². The molecule has 0 spiro atoms. The Kier molecular flexibility index (Phi) is 4.19. The fraction of sp³-hybridized carbons (Fsp3) is 0.467. The van der Waals surface area contributed by atoms with Gasteiger partial charge in [-0.3, -0.25) is 4.90 Å². The number of hydrogen-bond donors (Lipinski definition) is 1. The number of benzene rings is 1. The first kappa shape index (κ1) is 12.2. The van der Waals surface area contributed by atoms with E-state index in [1.165, 1.54) is 12.0 Å². The Morgan fingerprint density at radius 2 is 2.12 bits per heavy atom. The Morgan fingerprint density at radius 3 is 2.76 bits per heavy atom. The molecule has 1 aliphatic heterocycles. The van der Waals surface area contributed by atoms with Crippen LogP contribution in [0.2, 0.25) is 0 Å². The summed E-state index contributed by atoms with van der Waals surface area (Å²) in [6, 6.07) is 10.7. The summed E-state index contributed by atoms with van der Waals surface area (Å²) in [5.41, 5.74) is 7.62. The van der Waals surface area contributed by atoms with Crippen molar-refractivity contribution < 1.29 is 0 Å². The highest BCUT2D eigenvalue weighted by atomic mass is 15.2. The molecule has 0 aromatic heterocycles. The fourth-order valence-corrected chi connectivity index (χ4v) is 2.56. The van der Waals surface area contributed by atoms with Crippen molar-refractivity contribution in [3.63, 3.8) is 0 Å². The molecule has 1 heterocycles. The minimum atomic E-state index is 0.155. The second-order valence-electron chi connectivity index (χ2n) is 4.69. The van der Waals surface area contributed by atoms with Crippen LogP contribution in [0.15, 0.2) is 30.3 Å². The third-order valence-corrected chi connectivity index (χ3v) is 3.57. The van der Waals surface area contributed by atoms with Crippen LogP contribution >= 0.6 is 0 Å². The van der Waals surface area contributed by atoms with Crippen LogP contribution < -0.4 is 5.73 Å². The molecular weight excluding hydrogens is 208 g/mol. The Hall–Kier alpha value is -1.30. The van der Waals surface area contributed by atoms with Gasteiger partial charge in [0, 0.05) is 19.5 Å². The Bertz CT molecular complexity index is 380. The zero-order chi connectivity index (χ0) is 12.1. The third-order valence-electron chi connectivity index (χ3n) is 3.57. The van der Waals surface area contributed by atoms with Crippen LogP contribution in [0.4, 0.5) is 0 Å². The second-order valence-corrected chi connectivity index (χ2v) is 4.69. The van der Waals surface area contributed by atoms with Crippen molar-refractivity contribution in [1.82, 2.24) is 4.90 Å². The van der Waals surface area contributed by atoms with Gasteiger partial charge in [-0.05, 0) is 24.3 Å². The molecule has 1 aliphatic rings. The average Bonchev–Trinajstić information content (AvgIpc) is 2.38. The maximum Gasteiger partial charge on any atom is 0.0577 e. The van der Waals surface area contributed by atoms with Crippen molar-refractivity contribution in [2.45, 2.75) is 31.3 Å². The van der Waals surface area contributed by atoms with E-state index in [-0.39, 0.29) is 6.17 Å². The maximum atomic E-state index is 6.20. The molecule has 2 heteroatoms. The van der Waals surface area contributed by atoms with E-state index in [0.717, 1.165) is 25.9 Å². The number of terminal acetylenes is 1. The van der Waals surface area contributed by atoms with E-state index in [1.54, 1.807) is 0 Å². The number of piperidine rings is 1. The van der Waals surface area contributed by atoms with Crippen molar-refractivity contribution in [2.75, 3.05) is 13.1 Å². The van der Waals surface area contributed by atoms with Crippen molar-refractivity contribution in [1.29, 1.82) is 0 Å². The molecule has 1 fully saturated rings. The summed E-state index contributed by atoms with van der Waals surface area (Å²) < 4.78 is 0. The van der Waals surface area contributed by atoms with Crippen molar-refractivity contribution >= 4 is 0 Å². The summed E-state index contributed by atoms with van der Waals surface area (Å²) in [6.45, 7) is 1.99. The molecule has 0 saturated carbocycles. The quantitative estimate of drug-likeness (QED) is 0.803. The maximum absolute atomic E-state index is 6.20. The first-order valence-corrected chi connectivity index (χ1v) is 6.29. The van der Waals surface area contributed by atoms with Crippen LogP contribution in [0.5, 0.6) is 0 Å². The number of rotatable bonds is 3. The van der Waals surface area contributed by atoms with Crippen molar-refractivity contribution in [3.8, 4) is 12.3 Å². The average molecular weight is 228 g/mol. The number of hydrogen-bond acceptors (Lipinski definition) is 2. The normalized spacial score (nSPS) is 25.4. The Morgan fingerprint density at radius 1 is 1.35 bits per heavy atom. The van der Waals surface area contributed by atoms with E-state index in [1.807, 2.05) is 0 Å². The molecule has 0 radical (unpaired) electrons. The van der Waals surface area contributed by atoms with E-state index in [4.69, 9.17) is 12.2 Å². The molecule has 2 N–H and O–H groups in total. The zero-order valence-electron chi connectivity index (χ0n) is 10.2. The molecule has 0 aliphatic carbocycles. The van der Waals surface area contributed by atoms with Gasteiger partial charge in [0.25, 0.3) is 0 Å². The Labute approximate surface area is 104 Å². The van der Waals surface area contributed by atoms with E-state index < -0.39 is 0 Å². The fourth-order valence-electron chi connectivity index (χ4n) is 2.56. The highest BCUT2D eigenvalue weighted by Crippen LogP contribution is 2.29. The van der Waals surface area contributed by atoms with Gasteiger partial charge in [0.05, 0.1) is 6.17 Å². The van der Waals surface area contributed by atoms with Crippen LogP contribution in [0.25, 0.3) is 0 Å². The van der Waals surface area contributed by atoms with E-state index >= 15 is 0 Å². The molecule has 0 bridgehead atoms. The predicted octanol–water partition coefficient (Wildman–Crippen LogP) is 2.17. The molecule has 17 heavy (non-hydrogen) atoms. The van der Waals surface area contributed by atoms with Gasteiger partial charge >= 0.3 is 0 Å². The van der Waals surface area contributed by atoms with Gasteiger partial charge in [-0.25, -0.2) is 0 Å². The van der Waals surface area contributed by atoms with Gasteiger partial charge in [-0.2, -0.15) is 0 Å². The third kappa shape index (κ3) is 3.09. The minimum absolute atomic E-state index is 0.155.